The van der Waals surface area contributed by atoms with Gasteiger partial charge in [-0.2, -0.15) is 0 Å². The summed E-state index contributed by atoms with van der Waals surface area (Å²) in [7, 11) is -1.72. The van der Waals surface area contributed by atoms with Crippen molar-refractivity contribution in [2.24, 2.45) is 10.8 Å². The van der Waals surface area contributed by atoms with Crippen LogP contribution in [-0.2, 0) is 14.3 Å². The third-order valence-corrected chi connectivity index (χ3v) is 6.15. The first-order valence-electron chi connectivity index (χ1n) is 11.4. The van der Waals surface area contributed by atoms with Crippen molar-refractivity contribution in [2.45, 2.75) is 60.2 Å². The summed E-state index contributed by atoms with van der Waals surface area (Å²) in [5, 5.41) is 0. The van der Waals surface area contributed by atoms with Crippen LogP contribution in [0.25, 0.3) is 0 Å². The van der Waals surface area contributed by atoms with E-state index < -0.39 is 31.1 Å². The highest BCUT2D eigenvalue weighted by atomic mass is 28.4. The van der Waals surface area contributed by atoms with E-state index in [1.165, 1.54) is 0 Å². The lowest BCUT2D eigenvalue weighted by atomic mass is 9.72. The second kappa shape index (κ2) is 10.9. The van der Waals surface area contributed by atoms with E-state index in [0.29, 0.717) is 17.9 Å². The number of esters is 2. The number of carbonyl (C=O) groups excluding carboxylic acids is 2. The van der Waals surface area contributed by atoms with Gasteiger partial charge in [-0.1, -0.05) is 25.1 Å². The highest BCUT2D eigenvalue weighted by Crippen LogP contribution is 2.39. The van der Waals surface area contributed by atoms with Gasteiger partial charge in [0.05, 0.1) is 10.8 Å². The van der Waals surface area contributed by atoms with Crippen LogP contribution in [0.4, 0.5) is 0 Å². The number of rotatable bonds is 11. The van der Waals surface area contributed by atoms with E-state index in [2.05, 4.69) is 26.2 Å². The topological polar surface area (TPSA) is 71.1 Å². The maximum atomic E-state index is 13.1. The standard InChI is InChI=1S/C27H36O6Si/c1-9-27(5,25(29)32-22-15-17-23(18-16-22)33-34(6,7)8)19-26(3,4)24(28)31-20(2)30-21-13-11-10-12-14-21/h10-18H,2,9,19H2,1,3-8H3. The monoisotopic (exact) mass is 484 g/mol. The SMILES string of the molecule is C=C(OC(=O)C(C)(C)CC(C)(CC)C(=O)Oc1ccc(O[Si](C)(C)C)cc1)Oc1ccccc1. The van der Waals surface area contributed by atoms with Crippen molar-refractivity contribution in [1.82, 2.24) is 0 Å². The fourth-order valence-electron chi connectivity index (χ4n) is 3.43. The van der Waals surface area contributed by atoms with Gasteiger partial charge in [0, 0.05) is 0 Å². The summed E-state index contributed by atoms with van der Waals surface area (Å²) in [4.78, 5) is 26.0. The van der Waals surface area contributed by atoms with Crippen LogP contribution >= 0.6 is 0 Å². The number of ether oxygens (including phenoxy) is 3. The molecule has 2 aromatic rings. The van der Waals surface area contributed by atoms with Gasteiger partial charge in [-0.25, -0.2) is 0 Å². The molecule has 0 N–H and O–H groups in total. The Morgan fingerprint density at radius 2 is 1.35 bits per heavy atom. The third kappa shape index (κ3) is 8.06. The van der Waals surface area contributed by atoms with Crippen LogP contribution in [0.2, 0.25) is 19.6 Å². The molecule has 1 unspecified atom stereocenters. The van der Waals surface area contributed by atoms with Crippen molar-refractivity contribution in [3.8, 4) is 17.2 Å². The van der Waals surface area contributed by atoms with Gasteiger partial charge < -0.3 is 18.6 Å². The summed E-state index contributed by atoms with van der Waals surface area (Å²) in [6.07, 6.45) is 0.713. The first kappa shape index (κ1) is 27.2. The van der Waals surface area contributed by atoms with Crippen molar-refractivity contribution in [2.75, 3.05) is 0 Å². The van der Waals surface area contributed by atoms with Gasteiger partial charge in [0.15, 0.2) is 0 Å². The lowest BCUT2D eigenvalue weighted by Gasteiger charge is -2.33. The predicted molar refractivity (Wildman–Crippen MR) is 135 cm³/mol. The van der Waals surface area contributed by atoms with Gasteiger partial charge in [0.1, 0.15) is 17.2 Å². The number of hydrogen-bond donors (Lipinski definition) is 0. The minimum absolute atomic E-state index is 0.120. The summed E-state index contributed by atoms with van der Waals surface area (Å²) >= 11 is 0. The van der Waals surface area contributed by atoms with E-state index in [9.17, 15) is 9.59 Å². The lowest BCUT2D eigenvalue weighted by molar-refractivity contribution is -0.158. The minimum Gasteiger partial charge on any atom is -0.544 e. The van der Waals surface area contributed by atoms with Crippen LogP contribution in [-0.4, -0.2) is 20.3 Å². The van der Waals surface area contributed by atoms with E-state index in [1.807, 2.05) is 13.0 Å². The van der Waals surface area contributed by atoms with Gasteiger partial charge in [0.2, 0.25) is 8.32 Å². The molecule has 2 rings (SSSR count). The molecule has 0 aliphatic heterocycles. The Kier molecular flexibility index (Phi) is 8.72. The maximum absolute atomic E-state index is 13.1. The Morgan fingerprint density at radius 1 is 0.824 bits per heavy atom. The molecule has 184 valence electrons. The van der Waals surface area contributed by atoms with Crippen LogP contribution < -0.4 is 13.9 Å². The summed E-state index contributed by atoms with van der Waals surface area (Å²) in [5.41, 5.74) is -1.89. The highest BCUT2D eigenvalue weighted by Gasteiger charge is 2.43. The van der Waals surface area contributed by atoms with Crippen molar-refractivity contribution in [3.05, 3.63) is 67.1 Å². The van der Waals surface area contributed by atoms with E-state index in [0.717, 1.165) is 5.75 Å². The summed E-state index contributed by atoms with van der Waals surface area (Å²) in [6, 6.07) is 16.0. The lowest BCUT2D eigenvalue weighted by Crippen LogP contribution is -2.39. The largest absolute Gasteiger partial charge is 0.544 e. The average Bonchev–Trinajstić information content (AvgIpc) is 2.74. The number of para-hydroxylation sites is 1. The number of carbonyl (C=O) groups is 2. The molecule has 6 nitrogen and oxygen atoms in total. The molecule has 0 radical (unpaired) electrons. The van der Waals surface area contributed by atoms with Crippen LogP contribution in [0.15, 0.2) is 67.1 Å². The molecule has 0 saturated heterocycles. The van der Waals surface area contributed by atoms with Gasteiger partial charge in [-0.3, -0.25) is 9.59 Å². The molecule has 0 aromatic heterocycles. The van der Waals surface area contributed by atoms with Gasteiger partial charge in [-0.15, -0.1) is 0 Å². The molecule has 1 atom stereocenters. The van der Waals surface area contributed by atoms with Crippen molar-refractivity contribution >= 4 is 20.3 Å². The Balaban J connectivity index is 2.02. The first-order chi connectivity index (χ1) is 15.7. The Bertz CT molecular complexity index is 992. The van der Waals surface area contributed by atoms with E-state index in [1.54, 1.807) is 69.3 Å². The molecular formula is C27H36O6Si. The molecular weight excluding hydrogens is 448 g/mol. The van der Waals surface area contributed by atoms with Crippen LogP contribution in [0.3, 0.4) is 0 Å². The normalized spacial score (nSPS) is 13.4. The smallest absolute Gasteiger partial charge is 0.319 e. The van der Waals surface area contributed by atoms with Crippen LogP contribution in [0.5, 0.6) is 17.2 Å². The molecule has 0 spiro atoms. The predicted octanol–water partition coefficient (Wildman–Crippen LogP) is 6.73. The summed E-state index contributed by atoms with van der Waals surface area (Å²) in [5.74, 6) is 0.631. The number of benzene rings is 2. The third-order valence-electron chi connectivity index (χ3n) is 5.30. The molecule has 0 aliphatic rings. The molecule has 0 fully saturated rings. The molecule has 0 bridgehead atoms. The Labute approximate surface area is 204 Å². The van der Waals surface area contributed by atoms with Gasteiger partial charge in [0.25, 0.3) is 5.95 Å². The highest BCUT2D eigenvalue weighted by molar-refractivity contribution is 6.70. The molecule has 0 aliphatic carbocycles. The zero-order valence-corrected chi connectivity index (χ0v) is 22.3. The number of hydrogen-bond acceptors (Lipinski definition) is 6. The molecule has 34 heavy (non-hydrogen) atoms. The van der Waals surface area contributed by atoms with Gasteiger partial charge >= 0.3 is 11.9 Å². The minimum atomic E-state index is -1.72. The maximum Gasteiger partial charge on any atom is 0.319 e. The zero-order valence-electron chi connectivity index (χ0n) is 21.3. The molecule has 0 heterocycles. The van der Waals surface area contributed by atoms with E-state index in [-0.39, 0.29) is 12.4 Å². The van der Waals surface area contributed by atoms with Crippen molar-refractivity contribution in [3.63, 3.8) is 0 Å². The summed E-state index contributed by atoms with van der Waals surface area (Å²) < 4.78 is 22.4. The van der Waals surface area contributed by atoms with Crippen LogP contribution in [0, 0.1) is 10.8 Å². The molecule has 0 saturated carbocycles. The van der Waals surface area contributed by atoms with Crippen molar-refractivity contribution < 1.29 is 28.2 Å². The van der Waals surface area contributed by atoms with E-state index in [4.69, 9.17) is 18.6 Å². The van der Waals surface area contributed by atoms with Crippen molar-refractivity contribution in [1.29, 1.82) is 0 Å². The fourth-order valence-corrected chi connectivity index (χ4v) is 4.27. The van der Waals surface area contributed by atoms with E-state index >= 15 is 0 Å². The average molecular weight is 485 g/mol. The molecule has 2 aromatic carbocycles. The molecule has 7 heteroatoms. The van der Waals surface area contributed by atoms with Crippen LogP contribution in [0.1, 0.15) is 40.5 Å². The Morgan fingerprint density at radius 3 is 1.88 bits per heavy atom. The molecule has 0 amide bonds. The summed E-state index contributed by atoms with van der Waals surface area (Å²) in [6.45, 7) is 17.1. The quantitative estimate of drug-likeness (QED) is 0.152. The first-order valence-corrected chi connectivity index (χ1v) is 14.8. The fraction of sp³-hybridized carbons (Fsp3) is 0.407. The van der Waals surface area contributed by atoms with Gasteiger partial charge in [-0.05, 0) is 96.2 Å². The second-order valence-corrected chi connectivity index (χ2v) is 14.7. The second-order valence-electron chi connectivity index (χ2n) is 10.2. The Hall–Kier alpha value is -3.06. The zero-order chi connectivity index (χ0) is 25.6.